The lowest BCUT2D eigenvalue weighted by molar-refractivity contribution is 0.450. The summed E-state index contributed by atoms with van der Waals surface area (Å²) < 4.78 is 27.4. The van der Waals surface area contributed by atoms with Crippen LogP contribution in [0.3, 0.4) is 0 Å². The van der Waals surface area contributed by atoms with Gasteiger partial charge < -0.3 is 0 Å². The van der Waals surface area contributed by atoms with Crippen molar-refractivity contribution in [3.05, 3.63) is 71.8 Å². The Labute approximate surface area is 127 Å². The molecule has 0 aliphatic heterocycles. The van der Waals surface area contributed by atoms with E-state index in [1.54, 1.807) is 0 Å². The number of rotatable bonds is 6. The van der Waals surface area contributed by atoms with Crippen molar-refractivity contribution >= 4 is 10.0 Å². The largest absolute Gasteiger partial charge is 0.216 e. The Balaban J connectivity index is 2.04. The zero-order chi connectivity index (χ0) is 15.3. The fraction of sp³-hybridized carbons (Fsp3) is 0.294. The molecule has 0 atom stereocenters. The molecule has 0 aliphatic carbocycles. The molecule has 0 spiro atoms. The molecule has 1 N–H and O–H groups in total. The Bertz CT molecular complexity index is 664. The highest BCUT2D eigenvalue weighted by molar-refractivity contribution is 7.88. The Morgan fingerprint density at radius 3 is 1.86 bits per heavy atom. The van der Waals surface area contributed by atoms with Gasteiger partial charge in [-0.05, 0) is 31.4 Å². The number of nitrogens with one attached hydrogen (secondary N) is 1. The van der Waals surface area contributed by atoms with E-state index in [-0.39, 0.29) is 5.75 Å². The third-order valence-corrected chi connectivity index (χ3v) is 4.70. The van der Waals surface area contributed by atoms with Crippen LogP contribution in [0.4, 0.5) is 0 Å². The molecule has 0 aromatic heterocycles. The molecule has 0 saturated heterocycles. The molecule has 21 heavy (non-hydrogen) atoms. The van der Waals surface area contributed by atoms with Gasteiger partial charge in [-0.15, -0.1) is 0 Å². The van der Waals surface area contributed by atoms with Crippen molar-refractivity contribution in [3.63, 3.8) is 0 Å². The van der Waals surface area contributed by atoms with E-state index in [1.165, 1.54) is 0 Å². The van der Waals surface area contributed by atoms with E-state index in [4.69, 9.17) is 0 Å². The first-order valence-electron chi connectivity index (χ1n) is 6.96. The standard InChI is InChI=1S/C17H21NO2S/c1-17(2,13-15-9-5-3-6-10-15)18-21(19,20)14-16-11-7-4-8-12-16/h3-12,18H,13-14H2,1-2H3. The van der Waals surface area contributed by atoms with Crippen LogP contribution in [0.5, 0.6) is 0 Å². The van der Waals surface area contributed by atoms with Gasteiger partial charge in [0, 0.05) is 5.54 Å². The molecule has 0 aliphatic rings. The van der Waals surface area contributed by atoms with Gasteiger partial charge in [-0.3, -0.25) is 0 Å². The number of hydrogen-bond donors (Lipinski definition) is 1. The van der Waals surface area contributed by atoms with E-state index >= 15 is 0 Å². The molecular weight excluding hydrogens is 282 g/mol. The Kier molecular flexibility index (Phi) is 4.80. The van der Waals surface area contributed by atoms with Gasteiger partial charge in [-0.25, -0.2) is 13.1 Å². The summed E-state index contributed by atoms with van der Waals surface area (Å²) in [7, 11) is -3.36. The molecule has 0 heterocycles. The Morgan fingerprint density at radius 1 is 0.857 bits per heavy atom. The summed E-state index contributed by atoms with van der Waals surface area (Å²) in [5, 5.41) is 0. The summed E-state index contributed by atoms with van der Waals surface area (Å²) in [6.45, 7) is 3.81. The minimum absolute atomic E-state index is 0.00601. The van der Waals surface area contributed by atoms with Gasteiger partial charge in [0.25, 0.3) is 0 Å². The lowest BCUT2D eigenvalue weighted by atomic mass is 9.96. The highest BCUT2D eigenvalue weighted by atomic mass is 32.2. The third-order valence-electron chi connectivity index (χ3n) is 3.12. The topological polar surface area (TPSA) is 46.2 Å². The van der Waals surface area contributed by atoms with Gasteiger partial charge in [0.15, 0.2) is 0 Å². The van der Waals surface area contributed by atoms with Gasteiger partial charge in [0.1, 0.15) is 0 Å². The Morgan fingerprint density at radius 2 is 1.33 bits per heavy atom. The first-order valence-corrected chi connectivity index (χ1v) is 8.61. The van der Waals surface area contributed by atoms with Crippen molar-refractivity contribution < 1.29 is 8.42 Å². The highest BCUT2D eigenvalue weighted by Crippen LogP contribution is 2.15. The highest BCUT2D eigenvalue weighted by Gasteiger charge is 2.25. The van der Waals surface area contributed by atoms with Crippen LogP contribution in [0.1, 0.15) is 25.0 Å². The zero-order valence-electron chi connectivity index (χ0n) is 12.4. The average molecular weight is 303 g/mol. The molecule has 0 amide bonds. The predicted octanol–water partition coefficient (Wildman–Crippen LogP) is 3.13. The van der Waals surface area contributed by atoms with Crippen molar-refractivity contribution in [1.82, 2.24) is 4.72 Å². The van der Waals surface area contributed by atoms with E-state index in [2.05, 4.69) is 4.72 Å². The molecular formula is C17H21NO2S. The van der Waals surface area contributed by atoms with Crippen LogP contribution in [0.2, 0.25) is 0 Å². The van der Waals surface area contributed by atoms with Crippen LogP contribution in [-0.4, -0.2) is 14.0 Å². The molecule has 4 heteroatoms. The molecule has 3 nitrogen and oxygen atoms in total. The zero-order valence-corrected chi connectivity index (χ0v) is 13.2. The lowest BCUT2D eigenvalue weighted by Crippen LogP contribution is -2.45. The molecule has 0 bridgehead atoms. The van der Waals surface area contributed by atoms with Crippen molar-refractivity contribution in [2.45, 2.75) is 31.6 Å². The quantitative estimate of drug-likeness (QED) is 0.891. The van der Waals surface area contributed by atoms with Gasteiger partial charge in [0.2, 0.25) is 10.0 Å². The minimum atomic E-state index is -3.36. The molecule has 0 radical (unpaired) electrons. The fourth-order valence-electron chi connectivity index (χ4n) is 2.39. The van der Waals surface area contributed by atoms with Crippen molar-refractivity contribution in [2.24, 2.45) is 0 Å². The summed E-state index contributed by atoms with van der Waals surface area (Å²) in [4.78, 5) is 0. The molecule has 2 aromatic carbocycles. The normalized spacial score (nSPS) is 12.3. The maximum Gasteiger partial charge on any atom is 0.216 e. The number of hydrogen-bond acceptors (Lipinski definition) is 2. The van der Waals surface area contributed by atoms with E-state index in [0.29, 0.717) is 6.42 Å². The average Bonchev–Trinajstić information content (AvgIpc) is 2.38. The molecule has 112 valence electrons. The van der Waals surface area contributed by atoms with Crippen LogP contribution < -0.4 is 4.72 Å². The van der Waals surface area contributed by atoms with Crippen LogP contribution in [0.25, 0.3) is 0 Å². The fourth-order valence-corrected chi connectivity index (χ4v) is 4.01. The maximum absolute atomic E-state index is 12.3. The maximum atomic E-state index is 12.3. The molecule has 2 aromatic rings. The van der Waals surface area contributed by atoms with E-state index in [9.17, 15) is 8.42 Å². The second kappa shape index (κ2) is 6.41. The van der Waals surface area contributed by atoms with Gasteiger partial charge >= 0.3 is 0 Å². The van der Waals surface area contributed by atoms with Gasteiger partial charge in [-0.1, -0.05) is 60.7 Å². The smallest absolute Gasteiger partial charge is 0.212 e. The lowest BCUT2D eigenvalue weighted by Gasteiger charge is -2.26. The second-order valence-corrected chi connectivity index (χ2v) is 7.62. The Hall–Kier alpha value is -1.65. The monoisotopic (exact) mass is 303 g/mol. The molecule has 0 unspecified atom stereocenters. The predicted molar refractivity (Wildman–Crippen MR) is 86.4 cm³/mol. The van der Waals surface area contributed by atoms with Crippen molar-refractivity contribution in [3.8, 4) is 0 Å². The van der Waals surface area contributed by atoms with Crippen LogP contribution >= 0.6 is 0 Å². The summed E-state index contributed by atoms with van der Waals surface area (Å²) in [5.41, 5.74) is 1.39. The van der Waals surface area contributed by atoms with Crippen LogP contribution in [0, 0.1) is 0 Å². The summed E-state index contributed by atoms with van der Waals surface area (Å²) in [6.07, 6.45) is 0.655. The second-order valence-electron chi connectivity index (χ2n) is 5.89. The van der Waals surface area contributed by atoms with E-state index < -0.39 is 15.6 Å². The van der Waals surface area contributed by atoms with E-state index in [1.807, 2.05) is 74.5 Å². The van der Waals surface area contributed by atoms with Crippen LogP contribution in [0.15, 0.2) is 60.7 Å². The summed E-state index contributed by atoms with van der Waals surface area (Å²) in [5.74, 6) is 0.00601. The van der Waals surface area contributed by atoms with Crippen molar-refractivity contribution in [2.75, 3.05) is 0 Å². The molecule has 2 rings (SSSR count). The first-order chi connectivity index (χ1) is 9.86. The SMILES string of the molecule is CC(C)(Cc1ccccc1)NS(=O)(=O)Cc1ccccc1. The third kappa shape index (κ3) is 5.33. The first kappa shape index (κ1) is 15.7. The van der Waals surface area contributed by atoms with Crippen molar-refractivity contribution in [1.29, 1.82) is 0 Å². The minimum Gasteiger partial charge on any atom is -0.212 e. The molecule has 0 fully saturated rings. The van der Waals surface area contributed by atoms with Crippen LogP contribution in [-0.2, 0) is 22.2 Å². The number of benzene rings is 2. The molecule has 0 saturated carbocycles. The summed E-state index contributed by atoms with van der Waals surface area (Å²) in [6, 6.07) is 19.1. The van der Waals surface area contributed by atoms with E-state index in [0.717, 1.165) is 11.1 Å². The summed E-state index contributed by atoms with van der Waals surface area (Å²) >= 11 is 0. The van der Waals surface area contributed by atoms with Gasteiger partial charge in [0.05, 0.1) is 5.75 Å². The number of sulfonamides is 1. The van der Waals surface area contributed by atoms with Gasteiger partial charge in [-0.2, -0.15) is 0 Å².